The summed E-state index contributed by atoms with van der Waals surface area (Å²) in [5.41, 5.74) is 3.34. The fourth-order valence-electron chi connectivity index (χ4n) is 2.91. The highest BCUT2D eigenvalue weighted by atomic mass is 16.5. The summed E-state index contributed by atoms with van der Waals surface area (Å²) in [6.07, 6.45) is -0.385. The number of ether oxygens (including phenoxy) is 1. The molecule has 2 aromatic heterocycles. The first-order chi connectivity index (χ1) is 12.6. The van der Waals surface area contributed by atoms with Crippen LogP contribution in [-0.2, 0) is 4.74 Å². The first-order valence-corrected chi connectivity index (χ1v) is 8.43. The van der Waals surface area contributed by atoms with E-state index in [-0.39, 0.29) is 12.0 Å². The number of carbonyl (C=O) groups is 1. The third kappa shape index (κ3) is 3.23. The van der Waals surface area contributed by atoms with Crippen molar-refractivity contribution in [1.82, 2.24) is 25.2 Å². The van der Waals surface area contributed by atoms with E-state index < -0.39 is 0 Å². The Morgan fingerprint density at radius 2 is 2.08 bits per heavy atom. The van der Waals surface area contributed by atoms with Gasteiger partial charge in [-0.15, -0.1) is 0 Å². The predicted octanol–water partition coefficient (Wildman–Crippen LogP) is 2.29. The molecular formula is C18H19N5O3. The highest BCUT2D eigenvalue weighted by Gasteiger charge is 2.29. The summed E-state index contributed by atoms with van der Waals surface area (Å²) >= 11 is 0. The number of hydrogen-bond acceptors (Lipinski definition) is 6. The molecule has 4 rings (SSSR count). The van der Waals surface area contributed by atoms with Crippen molar-refractivity contribution in [1.29, 1.82) is 0 Å². The van der Waals surface area contributed by atoms with Crippen LogP contribution < -0.4 is 0 Å². The average Bonchev–Trinajstić information content (AvgIpc) is 3.31. The number of hydrogen-bond donors (Lipinski definition) is 1. The van der Waals surface area contributed by atoms with Crippen LogP contribution in [0.15, 0.2) is 34.9 Å². The molecule has 26 heavy (non-hydrogen) atoms. The third-order valence-electron chi connectivity index (χ3n) is 4.34. The van der Waals surface area contributed by atoms with Gasteiger partial charge in [-0.05, 0) is 13.0 Å². The number of H-pyrrole nitrogens is 1. The molecule has 1 aliphatic heterocycles. The lowest BCUT2D eigenvalue weighted by molar-refractivity contribution is -0.0278. The molecule has 1 aromatic carbocycles. The molecule has 3 heterocycles. The fraction of sp³-hybridized carbons (Fsp3) is 0.333. The molecule has 0 radical (unpaired) electrons. The van der Waals surface area contributed by atoms with E-state index in [1.54, 1.807) is 17.9 Å². The maximum absolute atomic E-state index is 12.8. The van der Waals surface area contributed by atoms with Gasteiger partial charge in [-0.25, -0.2) is 0 Å². The van der Waals surface area contributed by atoms with E-state index in [1.807, 2.05) is 31.2 Å². The minimum atomic E-state index is -0.385. The van der Waals surface area contributed by atoms with Crippen LogP contribution in [0.3, 0.4) is 0 Å². The molecule has 0 unspecified atom stereocenters. The summed E-state index contributed by atoms with van der Waals surface area (Å²) in [6, 6.07) is 9.79. The van der Waals surface area contributed by atoms with E-state index >= 15 is 0 Å². The molecular weight excluding hydrogens is 334 g/mol. The molecule has 0 aliphatic carbocycles. The zero-order valence-corrected chi connectivity index (χ0v) is 14.6. The second-order valence-corrected chi connectivity index (χ2v) is 6.32. The molecule has 134 valence electrons. The van der Waals surface area contributed by atoms with Gasteiger partial charge in [-0.1, -0.05) is 35.0 Å². The van der Waals surface area contributed by atoms with Crippen molar-refractivity contribution < 1.29 is 14.1 Å². The van der Waals surface area contributed by atoms with Gasteiger partial charge in [-0.3, -0.25) is 9.89 Å². The van der Waals surface area contributed by atoms with Crippen molar-refractivity contribution in [2.45, 2.75) is 20.0 Å². The summed E-state index contributed by atoms with van der Waals surface area (Å²) in [5.74, 6) is 0.817. The van der Waals surface area contributed by atoms with E-state index in [2.05, 4.69) is 20.3 Å². The van der Waals surface area contributed by atoms with Gasteiger partial charge in [0.15, 0.2) is 0 Å². The van der Waals surface area contributed by atoms with Crippen molar-refractivity contribution in [2.24, 2.45) is 0 Å². The van der Waals surface area contributed by atoms with Crippen LogP contribution in [0.1, 0.15) is 33.9 Å². The first-order valence-electron chi connectivity index (χ1n) is 8.43. The first kappa shape index (κ1) is 16.5. The van der Waals surface area contributed by atoms with E-state index in [0.29, 0.717) is 37.1 Å². The second kappa shape index (κ2) is 6.72. The monoisotopic (exact) mass is 353 g/mol. The number of nitrogens with zero attached hydrogens (tertiary/aromatic N) is 4. The molecule has 3 aromatic rings. The number of aromatic nitrogens is 4. The zero-order valence-electron chi connectivity index (χ0n) is 14.6. The molecule has 1 atom stereocenters. The van der Waals surface area contributed by atoms with Gasteiger partial charge in [0.05, 0.1) is 18.8 Å². The Kier molecular flexibility index (Phi) is 4.26. The van der Waals surface area contributed by atoms with Gasteiger partial charge in [0.2, 0.25) is 11.7 Å². The number of nitrogens with one attached hydrogen (secondary N) is 1. The predicted molar refractivity (Wildman–Crippen MR) is 92.4 cm³/mol. The Bertz CT molecular complexity index is 915. The zero-order chi connectivity index (χ0) is 18.1. The Hall–Kier alpha value is -3.00. The summed E-state index contributed by atoms with van der Waals surface area (Å²) in [6.45, 7) is 5.05. The number of benzene rings is 1. The van der Waals surface area contributed by atoms with Gasteiger partial charge >= 0.3 is 0 Å². The average molecular weight is 353 g/mol. The fourth-order valence-corrected chi connectivity index (χ4v) is 2.91. The number of rotatable bonds is 3. The highest BCUT2D eigenvalue weighted by Crippen LogP contribution is 2.23. The third-order valence-corrected chi connectivity index (χ3v) is 4.34. The SMILES string of the molecule is Cc1ccc(-c2cc(C(=O)N3CCO[C@@H](c4noc(C)n4)C3)[nH]n2)cc1. The van der Waals surface area contributed by atoms with Crippen LogP contribution in [0.4, 0.5) is 0 Å². The van der Waals surface area contributed by atoms with Crippen molar-refractivity contribution in [2.75, 3.05) is 19.7 Å². The van der Waals surface area contributed by atoms with Crippen LogP contribution in [-0.4, -0.2) is 50.8 Å². The summed E-state index contributed by atoms with van der Waals surface area (Å²) < 4.78 is 10.7. The maximum Gasteiger partial charge on any atom is 0.272 e. The molecule has 8 nitrogen and oxygen atoms in total. The molecule has 0 spiro atoms. The molecule has 0 bridgehead atoms. The van der Waals surface area contributed by atoms with Crippen LogP contribution in [0, 0.1) is 13.8 Å². The topological polar surface area (TPSA) is 97.1 Å². The molecule has 8 heteroatoms. The van der Waals surface area contributed by atoms with E-state index in [4.69, 9.17) is 9.26 Å². The largest absolute Gasteiger partial charge is 0.366 e. The number of amides is 1. The number of aryl methyl sites for hydroxylation is 2. The van der Waals surface area contributed by atoms with E-state index in [1.165, 1.54) is 5.56 Å². The van der Waals surface area contributed by atoms with Crippen molar-refractivity contribution in [3.05, 3.63) is 53.3 Å². The Balaban J connectivity index is 1.49. The Morgan fingerprint density at radius 3 is 2.81 bits per heavy atom. The van der Waals surface area contributed by atoms with Crippen LogP contribution >= 0.6 is 0 Å². The molecule has 1 N–H and O–H groups in total. The maximum atomic E-state index is 12.8. The standard InChI is InChI=1S/C18H19N5O3/c1-11-3-5-13(6-4-11)14-9-15(21-20-14)18(24)23-7-8-25-16(10-23)17-19-12(2)26-22-17/h3-6,9,16H,7-8,10H2,1-2H3,(H,20,21)/t16-/m1/s1. The number of carbonyl (C=O) groups excluding carboxylic acids is 1. The smallest absolute Gasteiger partial charge is 0.272 e. The van der Waals surface area contributed by atoms with Gasteiger partial charge < -0.3 is 14.2 Å². The number of morpholine rings is 1. The lowest BCUT2D eigenvalue weighted by Crippen LogP contribution is -2.42. The molecule has 1 fully saturated rings. The van der Waals surface area contributed by atoms with E-state index in [9.17, 15) is 4.79 Å². The van der Waals surface area contributed by atoms with Crippen LogP contribution in [0.25, 0.3) is 11.3 Å². The molecule has 0 saturated carbocycles. The number of aromatic amines is 1. The van der Waals surface area contributed by atoms with Crippen molar-refractivity contribution in [3.63, 3.8) is 0 Å². The summed E-state index contributed by atoms with van der Waals surface area (Å²) in [4.78, 5) is 18.7. The Labute approximate surface area is 150 Å². The van der Waals surface area contributed by atoms with Crippen LogP contribution in [0.5, 0.6) is 0 Å². The lowest BCUT2D eigenvalue weighted by atomic mass is 10.1. The normalized spacial score (nSPS) is 17.5. The molecule has 1 saturated heterocycles. The summed E-state index contributed by atoms with van der Waals surface area (Å²) in [7, 11) is 0. The quantitative estimate of drug-likeness (QED) is 0.776. The minimum Gasteiger partial charge on any atom is -0.366 e. The minimum absolute atomic E-state index is 0.121. The Morgan fingerprint density at radius 1 is 1.27 bits per heavy atom. The van der Waals surface area contributed by atoms with Crippen LogP contribution in [0.2, 0.25) is 0 Å². The van der Waals surface area contributed by atoms with Gasteiger partial charge in [0.25, 0.3) is 5.91 Å². The molecule has 1 amide bonds. The van der Waals surface area contributed by atoms with E-state index in [0.717, 1.165) is 11.3 Å². The van der Waals surface area contributed by atoms with Gasteiger partial charge in [0, 0.05) is 19.0 Å². The second-order valence-electron chi connectivity index (χ2n) is 6.32. The molecule has 1 aliphatic rings. The lowest BCUT2D eigenvalue weighted by Gasteiger charge is -2.31. The van der Waals surface area contributed by atoms with Crippen molar-refractivity contribution >= 4 is 5.91 Å². The summed E-state index contributed by atoms with van der Waals surface area (Å²) in [5, 5.41) is 11.0. The highest BCUT2D eigenvalue weighted by molar-refractivity contribution is 5.93. The van der Waals surface area contributed by atoms with Crippen molar-refractivity contribution in [3.8, 4) is 11.3 Å². The van der Waals surface area contributed by atoms with Gasteiger partial charge in [0.1, 0.15) is 11.8 Å². The van der Waals surface area contributed by atoms with Gasteiger partial charge in [-0.2, -0.15) is 10.1 Å².